The number of fused-ring (bicyclic) bond motifs is 1. The molecule has 2 rings (SSSR count). The standard InChI is InChI=1S/C14H18N2O2S/c1-3-16(4-2)19(17,18)14-10-6-7-11-12(14)8-5-9-13(11)15/h5-10H,3-4,15H2,1-2H3. The molecule has 0 aliphatic rings. The Kier molecular flexibility index (Phi) is 3.78. The first-order valence-electron chi connectivity index (χ1n) is 6.29. The van der Waals surface area contributed by atoms with Crippen LogP contribution in [0.1, 0.15) is 13.8 Å². The van der Waals surface area contributed by atoms with E-state index in [1.807, 2.05) is 19.9 Å². The Morgan fingerprint density at radius 1 is 1.00 bits per heavy atom. The van der Waals surface area contributed by atoms with E-state index in [1.165, 1.54) is 4.31 Å². The van der Waals surface area contributed by atoms with Gasteiger partial charge in [-0.05, 0) is 12.1 Å². The molecule has 0 saturated carbocycles. The summed E-state index contributed by atoms with van der Waals surface area (Å²) in [6.07, 6.45) is 0. The van der Waals surface area contributed by atoms with Crippen LogP contribution in [-0.4, -0.2) is 25.8 Å². The molecule has 5 heteroatoms. The van der Waals surface area contributed by atoms with Crippen LogP contribution >= 0.6 is 0 Å². The maximum atomic E-state index is 12.6. The first-order chi connectivity index (χ1) is 9.02. The van der Waals surface area contributed by atoms with E-state index in [9.17, 15) is 8.42 Å². The van der Waals surface area contributed by atoms with Crippen LogP contribution in [0, 0.1) is 0 Å². The van der Waals surface area contributed by atoms with E-state index in [2.05, 4.69) is 0 Å². The quantitative estimate of drug-likeness (QED) is 0.874. The van der Waals surface area contributed by atoms with E-state index in [0.29, 0.717) is 29.1 Å². The van der Waals surface area contributed by atoms with Crippen LogP contribution < -0.4 is 5.73 Å². The lowest BCUT2D eigenvalue weighted by molar-refractivity contribution is 0.446. The van der Waals surface area contributed by atoms with E-state index in [1.54, 1.807) is 30.3 Å². The summed E-state index contributed by atoms with van der Waals surface area (Å²) in [4.78, 5) is 0.320. The number of nitrogens with two attached hydrogens (primary N) is 1. The summed E-state index contributed by atoms with van der Waals surface area (Å²) >= 11 is 0. The predicted octanol–water partition coefficient (Wildman–Crippen LogP) is 2.45. The fraction of sp³-hybridized carbons (Fsp3) is 0.286. The Labute approximate surface area is 113 Å². The molecule has 4 nitrogen and oxygen atoms in total. The lowest BCUT2D eigenvalue weighted by Crippen LogP contribution is -2.30. The van der Waals surface area contributed by atoms with Gasteiger partial charge < -0.3 is 5.73 Å². The minimum Gasteiger partial charge on any atom is -0.398 e. The zero-order chi connectivity index (χ0) is 14.0. The smallest absolute Gasteiger partial charge is 0.243 e. The molecular weight excluding hydrogens is 260 g/mol. The third kappa shape index (κ3) is 2.31. The second-order valence-electron chi connectivity index (χ2n) is 4.29. The molecule has 0 aliphatic carbocycles. The number of hydrogen-bond acceptors (Lipinski definition) is 3. The largest absolute Gasteiger partial charge is 0.398 e. The van der Waals surface area contributed by atoms with E-state index in [0.717, 1.165) is 5.39 Å². The van der Waals surface area contributed by atoms with Crippen LogP contribution in [-0.2, 0) is 10.0 Å². The summed E-state index contributed by atoms with van der Waals surface area (Å²) in [6, 6.07) is 10.5. The summed E-state index contributed by atoms with van der Waals surface area (Å²) in [6.45, 7) is 4.58. The van der Waals surface area contributed by atoms with Crippen molar-refractivity contribution >= 4 is 26.5 Å². The average Bonchev–Trinajstić information content (AvgIpc) is 2.39. The van der Waals surface area contributed by atoms with Gasteiger partial charge >= 0.3 is 0 Å². The van der Waals surface area contributed by atoms with Gasteiger partial charge in [-0.25, -0.2) is 8.42 Å². The third-order valence-corrected chi connectivity index (χ3v) is 5.35. The van der Waals surface area contributed by atoms with E-state index in [4.69, 9.17) is 5.73 Å². The molecule has 0 spiro atoms. The summed E-state index contributed by atoms with van der Waals surface area (Å²) in [5.74, 6) is 0. The maximum Gasteiger partial charge on any atom is 0.243 e. The van der Waals surface area contributed by atoms with Crippen molar-refractivity contribution in [3.8, 4) is 0 Å². The Morgan fingerprint density at radius 3 is 2.21 bits per heavy atom. The topological polar surface area (TPSA) is 63.4 Å². The van der Waals surface area contributed by atoms with E-state index in [-0.39, 0.29) is 0 Å². The second-order valence-corrected chi connectivity index (χ2v) is 6.19. The lowest BCUT2D eigenvalue weighted by Gasteiger charge is -2.19. The van der Waals surface area contributed by atoms with Crippen molar-refractivity contribution in [2.45, 2.75) is 18.7 Å². The summed E-state index contributed by atoms with van der Waals surface area (Å²) < 4.78 is 26.7. The van der Waals surface area contributed by atoms with Crippen LogP contribution in [0.5, 0.6) is 0 Å². The van der Waals surface area contributed by atoms with Gasteiger partial charge in [0.15, 0.2) is 0 Å². The van der Waals surface area contributed by atoms with Crippen LogP contribution in [0.25, 0.3) is 10.8 Å². The molecule has 0 amide bonds. The average molecular weight is 278 g/mol. The fourth-order valence-corrected chi connectivity index (χ4v) is 3.90. The highest BCUT2D eigenvalue weighted by molar-refractivity contribution is 7.89. The highest BCUT2D eigenvalue weighted by Crippen LogP contribution is 2.28. The molecule has 0 bridgehead atoms. The summed E-state index contributed by atoms with van der Waals surface area (Å²) in [5.41, 5.74) is 6.49. The molecule has 2 aromatic carbocycles. The zero-order valence-electron chi connectivity index (χ0n) is 11.1. The minimum atomic E-state index is -3.47. The van der Waals surface area contributed by atoms with Gasteiger partial charge in [-0.15, -0.1) is 0 Å². The van der Waals surface area contributed by atoms with Gasteiger partial charge in [0, 0.05) is 29.5 Å². The Hall–Kier alpha value is -1.59. The van der Waals surface area contributed by atoms with E-state index < -0.39 is 10.0 Å². The van der Waals surface area contributed by atoms with Crippen LogP contribution in [0.2, 0.25) is 0 Å². The Morgan fingerprint density at radius 2 is 1.58 bits per heavy atom. The van der Waals surface area contributed by atoms with Crippen molar-refractivity contribution in [1.82, 2.24) is 4.31 Å². The zero-order valence-corrected chi connectivity index (χ0v) is 11.9. The molecule has 0 saturated heterocycles. The first-order valence-corrected chi connectivity index (χ1v) is 7.73. The second kappa shape index (κ2) is 5.19. The predicted molar refractivity (Wildman–Crippen MR) is 78.5 cm³/mol. The molecular formula is C14H18N2O2S. The number of hydrogen-bond donors (Lipinski definition) is 1. The lowest BCUT2D eigenvalue weighted by atomic mass is 10.1. The summed E-state index contributed by atoms with van der Waals surface area (Å²) in [5, 5.41) is 1.45. The van der Waals surface area contributed by atoms with Gasteiger partial charge in [0.1, 0.15) is 0 Å². The van der Waals surface area contributed by atoms with Crippen molar-refractivity contribution in [2.24, 2.45) is 0 Å². The number of sulfonamides is 1. The number of benzene rings is 2. The van der Waals surface area contributed by atoms with Crippen LogP contribution in [0.3, 0.4) is 0 Å². The van der Waals surface area contributed by atoms with Crippen molar-refractivity contribution in [2.75, 3.05) is 18.8 Å². The monoisotopic (exact) mass is 278 g/mol. The molecule has 2 aromatic rings. The van der Waals surface area contributed by atoms with Gasteiger partial charge in [-0.2, -0.15) is 4.31 Å². The normalized spacial score (nSPS) is 12.2. The van der Waals surface area contributed by atoms with Crippen LogP contribution in [0.15, 0.2) is 41.3 Å². The Balaban J connectivity index is 2.73. The molecule has 0 radical (unpaired) electrons. The van der Waals surface area contributed by atoms with Crippen molar-refractivity contribution in [3.05, 3.63) is 36.4 Å². The van der Waals surface area contributed by atoms with Crippen molar-refractivity contribution in [3.63, 3.8) is 0 Å². The van der Waals surface area contributed by atoms with Gasteiger partial charge in [0.2, 0.25) is 10.0 Å². The van der Waals surface area contributed by atoms with Crippen molar-refractivity contribution < 1.29 is 8.42 Å². The highest BCUT2D eigenvalue weighted by atomic mass is 32.2. The summed E-state index contributed by atoms with van der Waals surface area (Å²) in [7, 11) is -3.47. The third-order valence-electron chi connectivity index (χ3n) is 3.24. The fourth-order valence-electron chi connectivity index (χ4n) is 2.23. The molecule has 2 N–H and O–H groups in total. The van der Waals surface area contributed by atoms with Gasteiger partial charge in [-0.1, -0.05) is 38.1 Å². The SMILES string of the molecule is CCN(CC)S(=O)(=O)c1cccc2c(N)cccc12. The molecule has 102 valence electrons. The van der Waals surface area contributed by atoms with Crippen molar-refractivity contribution in [1.29, 1.82) is 0 Å². The first kappa shape index (κ1) is 13.8. The number of anilines is 1. The molecule has 0 atom stereocenters. The molecule has 0 aromatic heterocycles. The van der Waals surface area contributed by atoms with Gasteiger partial charge in [0.25, 0.3) is 0 Å². The molecule has 19 heavy (non-hydrogen) atoms. The molecule has 0 fully saturated rings. The van der Waals surface area contributed by atoms with Crippen LogP contribution in [0.4, 0.5) is 5.69 Å². The minimum absolute atomic E-state index is 0.320. The number of nitrogens with zero attached hydrogens (tertiary/aromatic N) is 1. The Bertz CT molecular complexity index is 692. The highest BCUT2D eigenvalue weighted by Gasteiger charge is 2.23. The molecule has 0 heterocycles. The molecule has 0 aliphatic heterocycles. The van der Waals surface area contributed by atoms with Gasteiger partial charge in [-0.3, -0.25) is 0 Å². The molecule has 0 unspecified atom stereocenters. The number of nitrogen functional groups attached to an aromatic ring is 1. The maximum absolute atomic E-state index is 12.6. The van der Waals surface area contributed by atoms with Gasteiger partial charge in [0.05, 0.1) is 4.90 Å². The number of rotatable bonds is 4. The van der Waals surface area contributed by atoms with E-state index >= 15 is 0 Å².